The number of thioether (sulfide) groups is 1. The lowest BCUT2D eigenvalue weighted by Crippen LogP contribution is -2.15. The molecule has 104 valence electrons. The van der Waals surface area contributed by atoms with Crippen molar-refractivity contribution in [1.29, 1.82) is 0 Å². The molecule has 20 heavy (non-hydrogen) atoms. The van der Waals surface area contributed by atoms with Crippen LogP contribution in [0.4, 0.5) is 4.39 Å². The van der Waals surface area contributed by atoms with Gasteiger partial charge in [-0.05, 0) is 36.6 Å². The Kier molecular flexibility index (Phi) is 4.92. The fourth-order valence-corrected chi connectivity index (χ4v) is 3.46. The van der Waals surface area contributed by atoms with Crippen molar-refractivity contribution in [1.82, 2.24) is 0 Å². The third-order valence-corrected chi connectivity index (χ3v) is 4.43. The van der Waals surface area contributed by atoms with Gasteiger partial charge in [0.05, 0.1) is 0 Å². The van der Waals surface area contributed by atoms with E-state index in [-0.39, 0.29) is 11.7 Å². The van der Waals surface area contributed by atoms with E-state index in [4.69, 9.17) is 10.9 Å². The largest absolute Gasteiger partial charge is 0.409 e. The van der Waals surface area contributed by atoms with Crippen molar-refractivity contribution in [2.24, 2.45) is 10.9 Å². The fourth-order valence-electron chi connectivity index (χ4n) is 1.73. The highest BCUT2D eigenvalue weighted by molar-refractivity contribution is 8.00. The van der Waals surface area contributed by atoms with Gasteiger partial charge in [0.15, 0.2) is 5.84 Å². The molecule has 0 aromatic heterocycles. The van der Waals surface area contributed by atoms with E-state index in [2.05, 4.69) is 5.16 Å². The molecule has 0 saturated carbocycles. The molecule has 0 unspecified atom stereocenters. The number of benzene rings is 2. The second kappa shape index (κ2) is 6.67. The Bertz CT molecular complexity index is 647. The summed E-state index contributed by atoms with van der Waals surface area (Å²) in [4.78, 5) is 2.48. The predicted octanol–water partition coefficient (Wildman–Crippen LogP) is 3.79. The molecule has 0 amide bonds. The van der Waals surface area contributed by atoms with Gasteiger partial charge in [-0.2, -0.15) is 0 Å². The van der Waals surface area contributed by atoms with Crippen LogP contribution < -0.4 is 5.73 Å². The zero-order valence-corrected chi connectivity index (χ0v) is 12.3. The van der Waals surface area contributed by atoms with Gasteiger partial charge in [0, 0.05) is 20.2 Å². The summed E-state index contributed by atoms with van der Waals surface area (Å²) >= 11 is 2.88. The van der Waals surface area contributed by atoms with Gasteiger partial charge in [-0.25, -0.2) is 4.39 Å². The molecule has 3 N–H and O–H groups in total. The quantitative estimate of drug-likeness (QED) is 0.297. The Labute approximate surface area is 125 Å². The number of nitrogens with two attached hydrogens (primary N) is 1. The highest BCUT2D eigenvalue weighted by Crippen LogP contribution is 2.34. The SMILES string of the molecule is CSc1cccc(Sc2cccc(F)c2)c1/C(N)=N/O. The monoisotopic (exact) mass is 308 g/mol. The molecule has 0 aliphatic rings. The van der Waals surface area contributed by atoms with Crippen LogP contribution >= 0.6 is 23.5 Å². The van der Waals surface area contributed by atoms with Crippen molar-refractivity contribution < 1.29 is 9.60 Å². The van der Waals surface area contributed by atoms with Crippen LogP contribution in [0.15, 0.2) is 62.3 Å². The number of halogens is 1. The molecule has 0 aliphatic heterocycles. The van der Waals surface area contributed by atoms with Crippen LogP contribution in [0.25, 0.3) is 0 Å². The van der Waals surface area contributed by atoms with Crippen molar-refractivity contribution in [2.45, 2.75) is 14.7 Å². The van der Waals surface area contributed by atoms with Gasteiger partial charge in [0.1, 0.15) is 5.82 Å². The number of oxime groups is 1. The molecular weight excluding hydrogens is 295 g/mol. The highest BCUT2D eigenvalue weighted by Gasteiger charge is 2.13. The number of rotatable bonds is 4. The third kappa shape index (κ3) is 3.26. The van der Waals surface area contributed by atoms with E-state index in [1.54, 1.807) is 6.07 Å². The molecule has 6 heteroatoms. The lowest BCUT2D eigenvalue weighted by Gasteiger charge is -2.11. The number of hydrogen-bond donors (Lipinski definition) is 2. The van der Waals surface area contributed by atoms with Gasteiger partial charge in [-0.3, -0.25) is 0 Å². The second-order valence-corrected chi connectivity index (χ2v) is 5.84. The first-order valence-corrected chi connectivity index (χ1v) is 7.78. The van der Waals surface area contributed by atoms with E-state index in [1.165, 1.54) is 35.7 Å². The summed E-state index contributed by atoms with van der Waals surface area (Å²) in [6, 6.07) is 12.0. The molecule has 2 aromatic carbocycles. The second-order valence-electron chi connectivity index (χ2n) is 3.88. The van der Waals surface area contributed by atoms with Gasteiger partial charge < -0.3 is 10.9 Å². The van der Waals surface area contributed by atoms with Crippen LogP contribution in [0.2, 0.25) is 0 Å². The van der Waals surface area contributed by atoms with Crippen molar-refractivity contribution in [2.75, 3.05) is 6.26 Å². The number of amidine groups is 1. The average Bonchev–Trinajstić information content (AvgIpc) is 2.46. The van der Waals surface area contributed by atoms with Gasteiger partial charge in [0.25, 0.3) is 0 Å². The molecular formula is C14H13FN2OS2. The Morgan fingerprint density at radius 2 is 1.90 bits per heavy atom. The minimum atomic E-state index is -0.290. The number of hydrogen-bond acceptors (Lipinski definition) is 4. The topological polar surface area (TPSA) is 58.6 Å². The summed E-state index contributed by atoms with van der Waals surface area (Å²) < 4.78 is 13.2. The van der Waals surface area contributed by atoms with E-state index in [0.717, 1.165) is 14.7 Å². The molecule has 0 fully saturated rings. The van der Waals surface area contributed by atoms with Gasteiger partial charge >= 0.3 is 0 Å². The molecule has 0 aliphatic carbocycles. The zero-order valence-electron chi connectivity index (χ0n) is 10.7. The molecule has 3 nitrogen and oxygen atoms in total. The van der Waals surface area contributed by atoms with E-state index in [1.807, 2.05) is 30.5 Å². The average molecular weight is 308 g/mol. The summed E-state index contributed by atoms with van der Waals surface area (Å²) in [6.07, 6.45) is 1.92. The van der Waals surface area contributed by atoms with Crippen LogP contribution in [0.1, 0.15) is 5.56 Å². The molecule has 0 atom stereocenters. The summed E-state index contributed by atoms with van der Waals surface area (Å²) in [5.41, 5.74) is 6.42. The first-order chi connectivity index (χ1) is 9.65. The van der Waals surface area contributed by atoms with Crippen LogP contribution in [-0.4, -0.2) is 17.3 Å². The predicted molar refractivity (Wildman–Crippen MR) is 81.3 cm³/mol. The van der Waals surface area contributed by atoms with Crippen molar-refractivity contribution in [3.8, 4) is 0 Å². The van der Waals surface area contributed by atoms with Crippen molar-refractivity contribution in [3.63, 3.8) is 0 Å². The maximum Gasteiger partial charge on any atom is 0.172 e. The van der Waals surface area contributed by atoms with Crippen LogP contribution in [0.5, 0.6) is 0 Å². The lowest BCUT2D eigenvalue weighted by atomic mass is 10.2. The molecule has 0 saturated heterocycles. The standard InChI is InChI=1S/C14H13FN2OS2/c1-19-11-6-3-7-12(13(11)14(16)17-18)20-10-5-2-4-9(15)8-10/h2-8,18H,1H3,(H2,16,17). The van der Waals surface area contributed by atoms with E-state index in [0.29, 0.717) is 5.56 Å². The van der Waals surface area contributed by atoms with E-state index >= 15 is 0 Å². The molecule has 0 radical (unpaired) electrons. The number of nitrogens with zero attached hydrogens (tertiary/aromatic N) is 1. The minimum absolute atomic E-state index is 0.0499. The fraction of sp³-hybridized carbons (Fsp3) is 0.0714. The zero-order chi connectivity index (χ0) is 14.5. The van der Waals surface area contributed by atoms with Crippen molar-refractivity contribution >= 4 is 29.4 Å². The first kappa shape index (κ1) is 14.7. The Morgan fingerprint density at radius 3 is 2.55 bits per heavy atom. The van der Waals surface area contributed by atoms with Crippen molar-refractivity contribution in [3.05, 3.63) is 53.8 Å². The lowest BCUT2D eigenvalue weighted by molar-refractivity contribution is 0.318. The van der Waals surface area contributed by atoms with E-state index in [9.17, 15) is 4.39 Å². The first-order valence-electron chi connectivity index (χ1n) is 5.74. The molecule has 0 spiro atoms. The Balaban J connectivity index is 2.46. The van der Waals surface area contributed by atoms with Gasteiger partial charge in [-0.1, -0.05) is 29.1 Å². The normalized spacial score (nSPS) is 11.6. The van der Waals surface area contributed by atoms with Crippen LogP contribution in [-0.2, 0) is 0 Å². The molecule has 0 heterocycles. The van der Waals surface area contributed by atoms with Gasteiger partial charge in [0.2, 0.25) is 0 Å². The smallest absolute Gasteiger partial charge is 0.172 e. The maximum atomic E-state index is 13.2. The summed E-state index contributed by atoms with van der Waals surface area (Å²) in [5, 5.41) is 12.0. The van der Waals surface area contributed by atoms with Gasteiger partial charge in [-0.15, -0.1) is 11.8 Å². The summed E-state index contributed by atoms with van der Waals surface area (Å²) in [7, 11) is 0. The maximum absolute atomic E-state index is 13.2. The van der Waals surface area contributed by atoms with E-state index < -0.39 is 0 Å². The molecule has 2 rings (SSSR count). The van der Waals surface area contributed by atoms with Crippen LogP contribution in [0, 0.1) is 5.82 Å². The summed E-state index contributed by atoms with van der Waals surface area (Å²) in [6.45, 7) is 0. The summed E-state index contributed by atoms with van der Waals surface area (Å²) in [5.74, 6) is -0.241. The molecule has 2 aromatic rings. The molecule has 0 bridgehead atoms. The Hall–Kier alpha value is -1.66. The Morgan fingerprint density at radius 1 is 1.20 bits per heavy atom. The van der Waals surface area contributed by atoms with Crippen LogP contribution in [0.3, 0.4) is 0 Å². The minimum Gasteiger partial charge on any atom is -0.409 e. The highest BCUT2D eigenvalue weighted by atomic mass is 32.2. The third-order valence-electron chi connectivity index (χ3n) is 2.60.